The molecule has 0 atom stereocenters. The van der Waals surface area contributed by atoms with Gasteiger partial charge in [-0.3, -0.25) is 20.2 Å². The molecule has 0 aliphatic carbocycles. The van der Waals surface area contributed by atoms with Crippen LogP contribution in [0.4, 0.5) is 10.8 Å². The van der Waals surface area contributed by atoms with E-state index in [-0.39, 0.29) is 17.4 Å². The van der Waals surface area contributed by atoms with Crippen LogP contribution in [0, 0.1) is 17.0 Å². The van der Waals surface area contributed by atoms with Crippen molar-refractivity contribution in [3.8, 4) is 11.3 Å². The van der Waals surface area contributed by atoms with E-state index < -0.39 is 4.92 Å². The van der Waals surface area contributed by atoms with Gasteiger partial charge in [0.2, 0.25) is 0 Å². The van der Waals surface area contributed by atoms with Crippen molar-refractivity contribution < 1.29 is 14.1 Å². The van der Waals surface area contributed by atoms with Gasteiger partial charge in [-0.1, -0.05) is 18.2 Å². The molecule has 2 aromatic carbocycles. The van der Waals surface area contributed by atoms with Crippen LogP contribution in [0.2, 0.25) is 0 Å². The van der Waals surface area contributed by atoms with Crippen molar-refractivity contribution in [2.24, 2.45) is 0 Å². The summed E-state index contributed by atoms with van der Waals surface area (Å²) in [4.78, 5) is 27.2. The number of thiazole rings is 1. The van der Waals surface area contributed by atoms with Crippen molar-refractivity contribution in [3.05, 3.63) is 75.3 Å². The van der Waals surface area contributed by atoms with E-state index in [2.05, 4.69) is 10.3 Å². The molecule has 1 N–H and O–H groups in total. The van der Waals surface area contributed by atoms with Crippen molar-refractivity contribution in [1.82, 2.24) is 4.98 Å². The van der Waals surface area contributed by atoms with E-state index in [1.807, 2.05) is 31.2 Å². The summed E-state index contributed by atoms with van der Waals surface area (Å²) in [5.74, 6) is -0.114. The molecule has 1 amide bonds. The summed E-state index contributed by atoms with van der Waals surface area (Å²) in [7, 11) is 0. The number of aromatic nitrogens is 1. The smallest absolute Gasteiger partial charge is 0.293 e. The lowest BCUT2D eigenvalue weighted by Crippen LogP contribution is -2.11. The highest BCUT2D eigenvalue weighted by molar-refractivity contribution is 7.14. The Morgan fingerprint density at radius 3 is 2.63 bits per heavy atom. The molecule has 0 unspecified atom stereocenters. The number of benzene rings is 2. The lowest BCUT2D eigenvalue weighted by molar-refractivity contribution is -0.384. The second-order valence-corrected chi connectivity index (χ2v) is 6.71. The number of rotatable bonds is 4. The fraction of sp³-hybridized carbons (Fsp3) is 0.0526. The largest absolute Gasteiger partial charge is 0.451 e. The molecule has 2 aromatic heterocycles. The highest BCUT2D eigenvalue weighted by Crippen LogP contribution is 2.29. The van der Waals surface area contributed by atoms with Crippen LogP contribution in [0.15, 0.2) is 58.3 Å². The Balaban J connectivity index is 1.55. The van der Waals surface area contributed by atoms with Crippen molar-refractivity contribution in [2.75, 3.05) is 5.32 Å². The van der Waals surface area contributed by atoms with Crippen molar-refractivity contribution in [2.45, 2.75) is 6.92 Å². The van der Waals surface area contributed by atoms with Crippen LogP contribution in [0.1, 0.15) is 16.1 Å². The van der Waals surface area contributed by atoms with Crippen LogP contribution < -0.4 is 5.32 Å². The number of nitrogens with one attached hydrogen (secondary N) is 1. The number of hydrogen-bond acceptors (Lipinski definition) is 6. The first-order chi connectivity index (χ1) is 13.0. The maximum absolute atomic E-state index is 12.6. The molecule has 0 bridgehead atoms. The molecule has 134 valence electrons. The molecule has 0 saturated carbocycles. The zero-order chi connectivity index (χ0) is 19.0. The van der Waals surface area contributed by atoms with Gasteiger partial charge in [-0.2, -0.15) is 0 Å². The summed E-state index contributed by atoms with van der Waals surface area (Å²) in [5.41, 5.74) is 2.81. The minimum absolute atomic E-state index is 0.0165. The van der Waals surface area contributed by atoms with Crippen molar-refractivity contribution in [3.63, 3.8) is 0 Å². The zero-order valence-corrected chi connectivity index (χ0v) is 14.9. The highest BCUT2D eigenvalue weighted by Gasteiger charge is 2.19. The third-order valence-corrected chi connectivity index (χ3v) is 4.91. The molecule has 8 heteroatoms. The molecule has 7 nitrogen and oxygen atoms in total. The number of para-hydroxylation sites is 1. The van der Waals surface area contributed by atoms with Gasteiger partial charge in [-0.25, -0.2) is 4.98 Å². The van der Waals surface area contributed by atoms with Gasteiger partial charge in [-0.05, 0) is 25.1 Å². The summed E-state index contributed by atoms with van der Waals surface area (Å²) in [6.45, 7) is 1.84. The number of carbonyl (C=O) groups is 1. The van der Waals surface area contributed by atoms with Gasteiger partial charge in [-0.15, -0.1) is 11.3 Å². The van der Waals surface area contributed by atoms with Gasteiger partial charge in [0.15, 0.2) is 10.9 Å². The van der Waals surface area contributed by atoms with Crippen LogP contribution in [0.5, 0.6) is 0 Å². The number of hydrogen-bond donors (Lipinski definition) is 1. The number of anilines is 1. The standard InChI is InChI=1S/C19H13N3O4S/c1-11-14-4-2-3-5-16(14)26-17(11)18(23)21-19-20-15(10-27-19)12-6-8-13(9-7-12)22(24)25/h2-10H,1H3,(H,20,21,23). The minimum atomic E-state index is -0.452. The zero-order valence-electron chi connectivity index (χ0n) is 14.1. The molecule has 4 aromatic rings. The third kappa shape index (κ3) is 3.18. The van der Waals surface area contributed by atoms with Gasteiger partial charge >= 0.3 is 0 Å². The molecular weight excluding hydrogens is 366 g/mol. The normalized spacial score (nSPS) is 10.9. The molecule has 27 heavy (non-hydrogen) atoms. The van der Waals surface area contributed by atoms with Gasteiger partial charge in [0, 0.05) is 34.0 Å². The Kier molecular flexibility index (Phi) is 4.17. The van der Waals surface area contributed by atoms with Crippen LogP contribution >= 0.6 is 11.3 Å². The predicted octanol–water partition coefficient (Wildman–Crippen LogP) is 5.03. The van der Waals surface area contributed by atoms with E-state index in [1.54, 1.807) is 17.5 Å². The number of nitrogens with zero attached hydrogens (tertiary/aromatic N) is 2. The number of aryl methyl sites for hydroxylation is 1. The van der Waals surface area contributed by atoms with Crippen molar-refractivity contribution in [1.29, 1.82) is 0 Å². The number of carbonyl (C=O) groups excluding carboxylic acids is 1. The van der Waals surface area contributed by atoms with E-state index in [9.17, 15) is 14.9 Å². The molecule has 4 rings (SSSR count). The molecule has 0 saturated heterocycles. The molecule has 0 aliphatic heterocycles. The summed E-state index contributed by atoms with van der Waals surface area (Å²) in [6.07, 6.45) is 0. The lowest BCUT2D eigenvalue weighted by Gasteiger charge is -1.99. The molecular formula is C19H13N3O4S. The fourth-order valence-corrected chi connectivity index (χ4v) is 3.48. The molecule has 2 heterocycles. The quantitative estimate of drug-likeness (QED) is 0.396. The summed E-state index contributed by atoms with van der Waals surface area (Å²) >= 11 is 1.27. The molecule has 0 radical (unpaired) electrons. The Hall–Kier alpha value is -3.52. The van der Waals surface area contributed by atoms with E-state index in [1.165, 1.54) is 23.5 Å². The average Bonchev–Trinajstić information content (AvgIpc) is 3.27. The SMILES string of the molecule is Cc1c(C(=O)Nc2nc(-c3ccc([N+](=O)[O-])cc3)cs2)oc2ccccc12. The number of fused-ring (bicyclic) bond motifs is 1. The van der Waals surface area contributed by atoms with Gasteiger partial charge in [0.1, 0.15) is 5.58 Å². The molecule has 0 spiro atoms. The number of nitro benzene ring substituents is 1. The number of furan rings is 1. The van der Waals surface area contributed by atoms with Crippen molar-refractivity contribution >= 4 is 39.0 Å². The Labute approximate surface area is 157 Å². The number of non-ortho nitro benzene ring substituents is 1. The maximum Gasteiger partial charge on any atom is 0.293 e. The predicted molar refractivity (Wildman–Crippen MR) is 103 cm³/mol. The van der Waals surface area contributed by atoms with E-state index in [0.29, 0.717) is 16.4 Å². The average molecular weight is 379 g/mol. The van der Waals surface area contributed by atoms with Gasteiger partial charge in [0.25, 0.3) is 11.6 Å². The second kappa shape index (κ2) is 6.65. The van der Waals surface area contributed by atoms with Crippen LogP contribution in [0.25, 0.3) is 22.2 Å². The lowest BCUT2D eigenvalue weighted by atomic mass is 10.1. The minimum Gasteiger partial charge on any atom is -0.451 e. The molecule has 0 fully saturated rings. The number of nitro groups is 1. The number of amides is 1. The third-order valence-electron chi connectivity index (χ3n) is 4.15. The topological polar surface area (TPSA) is 98.3 Å². The maximum atomic E-state index is 12.6. The van der Waals surface area contributed by atoms with Crippen LogP contribution in [-0.2, 0) is 0 Å². The first-order valence-electron chi connectivity index (χ1n) is 8.03. The fourth-order valence-electron chi connectivity index (χ4n) is 2.76. The van der Waals surface area contributed by atoms with Gasteiger partial charge < -0.3 is 4.42 Å². The summed E-state index contributed by atoms with van der Waals surface area (Å²) in [6, 6.07) is 13.6. The van der Waals surface area contributed by atoms with E-state index in [0.717, 1.165) is 16.5 Å². The Bertz CT molecular complexity index is 1160. The first-order valence-corrected chi connectivity index (χ1v) is 8.91. The van der Waals surface area contributed by atoms with E-state index >= 15 is 0 Å². The first kappa shape index (κ1) is 16.9. The van der Waals surface area contributed by atoms with Gasteiger partial charge in [0.05, 0.1) is 10.6 Å². The summed E-state index contributed by atoms with van der Waals surface area (Å²) < 4.78 is 5.66. The van der Waals surface area contributed by atoms with Crippen LogP contribution in [0.3, 0.4) is 0 Å². The summed E-state index contributed by atoms with van der Waals surface area (Å²) in [5, 5.41) is 16.6. The highest BCUT2D eigenvalue weighted by atomic mass is 32.1. The monoisotopic (exact) mass is 379 g/mol. The van der Waals surface area contributed by atoms with E-state index in [4.69, 9.17) is 4.42 Å². The van der Waals surface area contributed by atoms with Crippen LogP contribution in [-0.4, -0.2) is 15.8 Å². The second-order valence-electron chi connectivity index (χ2n) is 5.85. The molecule has 0 aliphatic rings. The Morgan fingerprint density at radius 2 is 1.93 bits per heavy atom. The Morgan fingerprint density at radius 1 is 1.19 bits per heavy atom.